The monoisotopic (exact) mass is 246 g/mol. The molecule has 0 aliphatic rings. The first-order valence-electron chi connectivity index (χ1n) is 4.70. The lowest BCUT2D eigenvalue weighted by atomic mass is 10.3. The number of hydrogen-bond acceptors (Lipinski definition) is 3. The van der Waals surface area contributed by atoms with Crippen LogP contribution in [0.3, 0.4) is 0 Å². The molecule has 0 atom stereocenters. The molecule has 0 saturated carbocycles. The first-order valence-corrected chi connectivity index (χ1v) is 4.70. The highest BCUT2D eigenvalue weighted by Crippen LogP contribution is 2.10. The summed E-state index contributed by atoms with van der Waals surface area (Å²) in [6.45, 7) is -0.103. The summed E-state index contributed by atoms with van der Waals surface area (Å²) in [7, 11) is 1.41. The highest BCUT2D eigenvalue weighted by molar-refractivity contribution is 5.97. The van der Waals surface area contributed by atoms with E-state index in [1.807, 2.05) is 5.32 Å². The molecule has 94 valence electrons. The smallest absolute Gasteiger partial charge is 0.269 e. The molecule has 0 radical (unpaired) electrons. The maximum absolute atomic E-state index is 12.5. The third-order valence-corrected chi connectivity index (χ3v) is 1.92. The fourth-order valence-electron chi connectivity index (χ4n) is 1.13. The predicted molar refractivity (Wildman–Crippen MR) is 54.7 cm³/mol. The number of primary amides is 1. The lowest BCUT2D eigenvalue weighted by molar-refractivity contribution is 0.0219. The minimum atomic E-state index is -3.00. The van der Waals surface area contributed by atoms with Gasteiger partial charge in [0, 0.05) is 20.0 Å². The average molecular weight is 246 g/mol. The van der Waals surface area contributed by atoms with Gasteiger partial charge in [0.05, 0.1) is 6.54 Å². The second kappa shape index (κ2) is 4.48. The maximum atomic E-state index is 12.5. The van der Waals surface area contributed by atoms with Crippen LogP contribution in [0.1, 0.15) is 27.9 Å². The van der Waals surface area contributed by atoms with Crippen LogP contribution in [0.15, 0.2) is 6.07 Å². The fourth-order valence-corrected chi connectivity index (χ4v) is 1.13. The zero-order chi connectivity index (χ0) is 13.2. The summed E-state index contributed by atoms with van der Waals surface area (Å²) >= 11 is 0. The lowest BCUT2D eigenvalue weighted by Gasteiger charge is -2.10. The summed E-state index contributed by atoms with van der Waals surface area (Å²) in [5.41, 5.74) is 4.87. The van der Waals surface area contributed by atoms with E-state index >= 15 is 0 Å². The van der Waals surface area contributed by atoms with Crippen LogP contribution in [0, 0.1) is 0 Å². The predicted octanol–water partition coefficient (Wildman–Crippen LogP) is -0.0960. The van der Waals surface area contributed by atoms with Gasteiger partial charge < -0.3 is 11.1 Å². The number of carbonyl (C=O) groups excluding carboxylic acids is 2. The van der Waals surface area contributed by atoms with Gasteiger partial charge in [0.1, 0.15) is 5.69 Å². The van der Waals surface area contributed by atoms with Crippen LogP contribution >= 0.6 is 0 Å². The molecule has 1 aromatic rings. The molecule has 2 amide bonds. The van der Waals surface area contributed by atoms with Crippen molar-refractivity contribution in [2.75, 3.05) is 6.54 Å². The summed E-state index contributed by atoms with van der Waals surface area (Å²) in [5, 5.41) is 5.70. The van der Waals surface area contributed by atoms with Crippen LogP contribution in [-0.4, -0.2) is 34.1 Å². The Balaban J connectivity index is 2.79. The Morgan fingerprint density at radius 2 is 2.18 bits per heavy atom. The number of nitrogens with zero attached hydrogens (tertiary/aromatic N) is 2. The maximum Gasteiger partial charge on any atom is 0.269 e. The van der Waals surface area contributed by atoms with Gasteiger partial charge in [-0.2, -0.15) is 5.10 Å². The molecule has 0 fully saturated rings. The Bertz CT molecular complexity index is 450. The first kappa shape index (κ1) is 13.1. The summed E-state index contributed by atoms with van der Waals surface area (Å²) < 4.78 is 26.1. The van der Waals surface area contributed by atoms with Crippen molar-refractivity contribution in [3.63, 3.8) is 0 Å². The van der Waals surface area contributed by atoms with E-state index in [0.29, 0.717) is 6.92 Å². The van der Waals surface area contributed by atoms with E-state index in [0.717, 1.165) is 10.7 Å². The van der Waals surface area contributed by atoms with Crippen molar-refractivity contribution in [1.29, 1.82) is 0 Å². The molecule has 1 aromatic heterocycles. The van der Waals surface area contributed by atoms with E-state index in [9.17, 15) is 18.4 Å². The van der Waals surface area contributed by atoms with E-state index in [-0.39, 0.29) is 11.4 Å². The van der Waals surface area contributed by atoms with E-state index in [2.05, 4.69) is 5.10 Å². The topological polar surface area (TPSA) is 90.0 Å². The largest absolute Gasteiger partial charge is 0.364 e. The van der Waals surface area contributed by atoms with Gasteiger partial charge in [-0.05, 0) is 0 Å². The van der Waals surface area contributed by atoms with Gasteiger partial charge in [-0.1, -0.05) is 0 Å². The Morgan fingerprint density at radius 3 is 2.59 bits per heavy atom. The van der Waals surface area contributed by atoms with Gasteiger partial charge in [-0.3, -0.25) is 14.3 Å². The number of nitrogens with two attached hydrogens (primary N) is 1. The standard InChI is InChI=1S/C9H12F2N4O2/c1-9(10,11)4-13-8(17)6-3-5(7(12)16)14-15(6)2/h3H,4H2,1-2H3,(H2,12,16)(H,13,17). The molecule has 1 rings (SSSR count). The number of carbonyl (C=O) groups is 2. The summed E-state index contributed by atoms with van der Waals surface area (Å²) in [5.74, 6) is -4.53. The third-order valence-electron chi connectivity index (χ3n) is 1.92. The minimum absolute atomic E-state index is 0.0111. The van der Waals surface area contributed by atoms with Crippen molar-refractivity contribution in [2.45, 2.75) is 12.8 Å². The second-order valence-corrected chi connectivity index (χ2v) is 3.66. The van der Waals surface area contributed by atoms with Crippen molar-refractivity contribution in [2.24, 2.45) is 12.8 Å². The molecule has 0 aromatic carbocycles. The average Bonchev–Trinajstić information content (AvgIpc) is 2.56. The Hall–Kier alpha value is -1.99. The molecule has 0 saturated heterocycles. The van der Waals surface area contributed by atoms with E-state index < -0.39 is 24.3 Å². The van der Waals surface area contributed by atoms with Crippen molar-refractivity contribution in [3.05, 3.63) is 17.5 Å². The number of amides is 2. The molecule has 0 unspecified atom stereocenters. The van der Waals surface area contributed by atoms with Crippen LogP contribution in [0.25, 0.3) is 0 Å². The molecule has 0 bridgehead atoms. The van der Waals surface area contributed by atoms with Crippen LogP contribution in [0.2, 0.25) is 0 Å². The number of nitrogens with one attached hydrogen (secondary N) is 1. The highest BCUT2D eigenvalue weighted by atomic mass is 19.3. The number of halogens is 2. The molecule has 17 heavy (non-hydrogen) atoms. The van der Waals surface area contributed by atoms with Crippen LogP contribution in [0.5, 0.6) is 0 Å². The molecular formula is C9H12F2N4O2. The van der Waals surface area contributed by atoms with Crippen molar-refractivity contribution < 1.29 is 18.4 Å². The molecule has 0 aliphatic carbocycles. The van der Waals surface area contributed by atoms with Gasteiger partial charge in [-0.25, -0.2) is 8.78 Å². The van der Waals surface area contributed by atoms with Gasteiger partial charge in [0.15, 0.2) is 5.69 Å². The molecule has 3 N–H and O–H groups in total. The van der Waals surface area contributed by atoms with E-state index in [1.165, 1.54) is 7.05 Å². The highest BCUT2D eigenvalue weighted by Gasteiger charge is 2.23. The molecule has 6 nitrogen and oxygen atoms in total. The van der Waals surface area contributed by atoms with Gasteiger partial charge in [0.2, 0.25) is 0 Å². The summed E-state index contributed by atoms with van der Waals surface area (Å²) in [6.07, 6.45) is 0. The number of aryl methyl sites for hydroxylation is 1. The molecule has 0 aliphatic heterocycles. The van der Waals surface area contributed by atoms with Gasteiger partial charge in [-0.15, -0.1) is 0 Å². The number of rotatable bonds is 4. The molecule has 8 heteroatoms. The molecule has 0 spiro atoms. The van der Waals surface area contributed by atoms with Crippen LogP contribution in [-0.2, 0) is 7.05 Å². The minimum Gasteiger partial charge on any atom is -0.364 e. The van der Waals surface area contributed by atoms with Crippen molar-refractivity contribution in [3.8, 4) is 0 Å². The Morgan fingerprint density at radius 1 is 1.59 bits per heavy atom. The fraction of sp³-hybridized carbons (Fsp3) is 0.444. The zero-order valence-electron chi connectivity index (χ0n) is 9.33. The van der Waals surface area contributed by atoms with Gasteiger partial charge >= 0.3 is 0 Å². The third kappa shape index (κ3) is 3.51. The normalized spacial score (nSPS) is 11.3. The molecular weight excluding hydrogens is 234 g/mol. The van der Waals surface area contributed by atoms with E-state index in [4.69, 9.17) is 5.73 Å². The summed E-state index contributed by atoms with van der Waals surface area (Å²) in [6, 6.07) is 1.14. The zero-order valence-corrected chi connectivity index (χ0v) is 9.33. The quantitative estimate of drug-likeness (QED) is 0.777. The number of alkyl halides is 2. The Labute approximate surface area is 95.8 Å². The number of hydrogen-bond donors (Lipinski definition) is 2. The molecule has 1 heterocycles. The van der Waals surface area contributed by atoms with E-state index in [1.54, 1.807) is 0 Å². The Kier molecular flexibility index (Phi) is 3.45. The first-order chi connectivity index (χ1) is 7.70. The van der Waals surface area contributed by atoms with Gasteiger partial charge in [0.25, 0.3) is 17.7 Å². The summed E-state index contributed by atoms with van der Waals surface area (Å²) in [4.78, 5) is 22.3. The number of aromatic nitrogens is 2. The van der Waals surface area contributed by atoms with Crippen LogP contribution < -0.4 is 11.1 Å². The second-order valence-electron chi connectivity index (χ2n) is 3.66. The van der Waals surface area contributed by atoms with Crippen molar-refractivity contribution in [1.82, 2.24) is 15.1 Å². The van der Waals surface area contributed by atoms with Crippen molar-refractivity contribution >= 4 is 11.8 Å². The lowest BCUT2D eigenvalue weighted by Crippen LogP contribution is -2.35. The van der Waals surface area contributed by atoms with Crippen LogP contribution in [0.4, 0.5) is 8.78 Å². The SMILES string of the molecule is Cn1nc(C(N)=O)cc1C(=O)NCC(C)(F)F.